The molecule has 21 heavy (non-hydrogen) atoms. The van der Waals surface area contributed by atoms with Crippen LogP contribution >= 0.6 is 0 Å². The van der Waals surface area contributed by atoms with Crippen molar-refractivity contribution in [2.45, 2.75) is 13.1 Å². The van der Waals surface area contributed by atoms with E-state index in [0.717, 1.165) is 11.3 Å². The SMILES string of the molecule is O=C(NCc1ccccn1)N(CCO)Cc1ccccc1. The summed E-state index contributed by atoms with van der Waals surface area (Å²) >= 11 is 0. The van der Waals surface area contributed by atoms with Crippen LogP contribution in [0.1, 0.15) is 11.3 Å². The molecular formula is C16H19N3O2. The Morgan fingerprint density at radius 3 is 2.57 bits per heavy atom. The molecule has 0 spiro atoms. The van der Waals surface area contributed by atoms with Crippen LogP contribution in [0.3, 0.4) is 0 Å². The van der Waals surface area contributed by atoms with Crippen LogP contribution in [0.5, 0.6) is 0 Å². The Bertz CT molecular complexity index is 546. The summed E-state index contributed by atoms with van der Waals surface area (Å²) in [6.45, 7) is 1.07. The van der Waals surface area contributed by atoms with Gasteiger partial charge in [0.2, 0.25) is 0 Å². The summed E-state index contributed by atoms with van der Waals surface area (Å²) in [5, 5.41) is 11.9. The van der Waals surface area contributed by atoms with E-state index in [1.807, 2.05) is 48.5 Å². The molecule has 0 bridgehead atoms. The summed E-state index contributed by atoms with van der Waals surface area (Å²) in [6.07, 6.45) is 1.69. The lowest BCUT2D eigenvalue weighted by atomic mass is 10.2. The summed E-state index contributed by atoms with van der Waals surface area (Å²) in [5.41, 5.74) is 1.83. The van der Waals surface area contributed by atoms with Gasteiger partial charge in [0, 0.05) is 19.3 Å². The Hall–Kier alpha value is -2.40. The molecule has 0 saturated carbocycles. The van der Waals surface area contributed by atoms with Crippen molar-refractivity contribution in [3.63, 3.8) is 0 Å². The molecule has 2 N–H and O–H groups in total. The lowest BCUT2D eigenvalue weighted by Crippen LogP contribution is -2.40. The van der Waals surface area contributed by atoms with Crippen LogP contribution < -0.4 is 5.32 Å². The van der Waals surface area contributed by atoms with Crippen LogP contribution in [0.25, 0.3) is 0 Å². The summed E-state index contributed by atoms with van der Waals surface area (Å²) in [6, 6.07) is 15.1. The highest BCUT2D eigenvalue weighted by molar-refractivity contribution is 5.74. The molecule has 0 atom stereocenters. The number of aliphatic hydroxyl groups is 1. The Morgan fingerprint density at radius 1 is 1.14 bits per heavy atom. The molecule has 5 nitrogen and oxygen atoms in total. The fourth-order valence-corrected chi connectivity index (χ4v) is 1.96. The van der Waals surface area contributed by atoms with Crippen molar-refractivity contribution in [3.8, 4) is 0 Å². The van der Waals surface area contributed by atoms with Crippen LogP contribution in [0.15, 0.2) is 54.7 Å². The molecule has 0 radical (unpaired) electrons. The van der Waals surface area contributed by atoms with Crippen molar-refractivity contribution >= 4 is 6.03 Å². The molecule has 0 aliphatic rings. The second-order valence-corrected chi connectivity index (χ2v) is 4.61. The van der Waals surface area contributed by atoms with Crippen LogP contribution in [-0.4, -0.2) is 34.2 Å². The number of hydrogen-bond donors (Lipinski definition) is 2. The first-order valence-corrected chi connectivity index (χ1v) is 6.87. The fourth-order valence-electron chi connectivity index (χ4n) is 1.96. The van der Waals surface area contributed by atoms with Crippen molar-refractivity contribution < 1.29 is 9.90 Å². The van der Waals surface area contributed by atoms with Crippen molar-refractivity contribution in [1.29, 1.82) is 0 Å². The maximum atomic E-state index is 12.2. The Morgan fingerprint density at radius 2 is 1.90 bits per heavy atom. The molecule has 0 fully saturated rings. The zero-order chi connectivity index (χ0) is 14.9. The first-order chi connectivity index (χ1) is 10.3. The van der Waals surface area contributed by atoms with Crippen molar-refractivity contribution in [3.05, 3.63) is 66.0 Å². The normalized spacial score (nSPS) is 10.1. The van der Waals surface area contributed by atoms with E-state index in [1.165, 1.54) is 0 Å². The van der Waals surface area contributed by atoms with E-state index in [1.54, 1.807) is 11.1 Å². The molecule has 2 amide bonds. The number of carbonyl (C=O) groups is 1. The predicted octanol–water partition coefficient (Wildman–Crippen LogP) is 1.79. The second kappa shape index (κ2) is 8.01. The summed E-state index contributed by atoms with van der Waals surface area (Å²) < 4.78 is 0. The number of aliphatic hydroxyl groups excluding tert-OH is 1. The maximum absolute atomic E-state index is 12.2. The minimum Gasteiger partial charge on any atom is -0.395 e. The summed E-state index contributed by atoms with van der Waals surface area (Å²) in [4.78, 5) is 17.9. The van der Waals surface area contributed by atoms with Gasteiger partial charge >= 0.3 is 6.03 Å². The van der Waals surface area contributed by atoms with E-state index < -0.39 is 0 Å². The third-order valence-electron chi connectivity index (χ3n) is 3.02. The van der Waals surface area contributed by atoms with Gasteiger partial charge in [-0.3, -0.25) is 4.98 Å². The highest BCUT2D eigenvalue weighted by Gasteiger charge is 2.13. The summed E-state index contributed by atoms with van der Waals surface area (Å²) in [5.74, 6) is 0. The van der Waals surface area contributed by atoms with E-state index in [9.17, 15) is 4.79 Å². The number of nitrogens with one attached hydrogen (secondary N) is 1. The largest absolute Gasteiger partial charge is 0.395 e. The minimum atomic E-state index is -0.210. The van der Waals surface area contributed by atoms with Crippen molar-refractivity contribution in [2.24, 2.45) is 0 Å². The van der Waals surface area contributed by atoms with Crippen LogP contribution in [0.4, 0.5) is 4.79 Å². The molecule has 1 heterocycles. The van der Waals surface area contributed by atoms with E-state index >= 15 is 0 Å². The van der Waals surface area contributed by atoms with Crippen LogP contribution in [0, 0.1) is 0 Å². The first-order valence-electron chi connectivity index (χ1n) is 6.87. The Labute approximate surface area is 124 Å². The van der Waals surface area contributed by atoms with Gasteiger partial charge in [-0.05, 0) is 17.7 Å². The molecule has 1 aromatic heterocycles. The van der Waals surface area contributed by atoms with Crippen molar-refractivity contribution in [1.82, 2.24) is 15.2 Å². The van der Waals surface area contributed by atoms with Crippen molar-refractivity contribution in [2.75, 3.05) is 13.2 Å². The zero-order valence-electron chi connectivity index (χ0n) is 11.8. The van der Waals surface area contributed by atoms with Crippen LogP contribution in [-0.2, 0) is 13.1 Å². The number of benzene rings is 1. The number of urea groups is 1. The number of aromatic nitrogens is 1. The van der Waals surface area contributed by atoms with E-state index in [4.69, 9.17) is 5.11 Å². The quantitative estimate of drug-likeness (QED) is 0.850. The van der Waals surface area contributed by atoms with Gasteiger partial charge in [-0.1, -0.05) is 36.4 Å². The van der Waals surface area contributed by atoms with Gasteiger partial charge in [0.25, 0.3) is 0 Å². The number of nitrogens with zero attached hydrogens (tertiary/aromatic N) is 2. The number of carbonyl (C=O) groups excluding carboxylic acids is 1. The molecule has 0 unspecified atom stereocenters. The molecule has 0 saturated heterocycles. The molecule has 5 heteroatoms. The van der Waals surface area contributed by atoms with E-state index in [-0.39, 0.29) is 12.6 Å². The van der Waals surface area contributed by atoms with Gasteiger partial charge < -0.3 is 15.3 Å². The van der Waals surface area contributed by atoms with Gasteiger partial charge in [-0.2, -0.15) is 0 Å². The fraction of sp³-hybridized carbons (Fsp3) is 0.250. The van der Waals surface area contributed by atoms with E-state index in [0.29, 0.717) is 19.6 Å². The molecule has 0 aliphatic heterocycles. The zero-order valence-corrected chi connectivity index (χ0v) is 11.8. The lowest BCUT2D eigenvalue weighted by molar-refractivity contribution is 0.173. The molecule has 110 valence electrons. The molecule has 2 aromatic rings. The van der Waals surface area contributed by atoms with E-state index in [2.05, 4.69) is 10.3 Å². The van der Waals surface area contributed by atoms with Gasteiger partial charge in [0.05, 0.1) is 18.8 Å². The highest BCUT2D eigenvalue weighted by Crippen LogP contribution is 2.04. The number of pyridine rings is 1. The van der Waals surface area contributed by atoms with Gasteiger partial charge in [0.15, 0.2) is 0 Å². The summed E-state index contributed by atoms with van der Waals surface area (Å²) in [7, 11) is 0. The third-order valence-corrected chi connectivity index (χ3v) is 3.02. The van der Waals surface area contributed by atoms with Gasteiger partial charge in [0.1, 0.15) is 0 Å². The first kappa shape index (κ1) is 15.0. The lowest BCUT2D eigenvalue weighted by Gasteiger charge is -2.22. The molecule has 1 aromatic carbocycles. The average molecular weight is 285 g/mol. The molecular weight excluding hydrogens is 266 g/mol. The monoisotopic (exact) mass is 285 g/mol. The number of rotatable bonds is 6. The van der Waals surface area contributed by atoms with Crippen LogP contribution in [0.2, 0.25) is 0 Å². The molecule has 2 rings (SSSR count). The number of hydrogen-bond acceptors (Lipinski definition) is 3. The molecule has 0 aliphatic carbocycles. The van der Waals surface area contributed by atoms with Gasteiger partial charge in [-0.25, -0.2) is 4.79 Å². The maximum Gasteiger partial charge on any atom is 0.318 e. The van der Waals surface area contributed by atoms with Gasteiger partial charge in [-0.15, -0.1) is 0 Å². The Kier molecular flexibility index (Phi) is 5.72. The third kappa shape index (κ3) is 4.89. The smallest absolute Gasteiger partial charge is 0.318 e. The predicted molar refractivity (Wildman–Crippen MR) is 80.4 cm³/mol. The average Bonchev–Trinajstić information content (AvgIpc) is 2.54. The standard InChI is InChI=1S/C16H19N3O2/c20-11-10-19(13-14-6-2-1-3-7-14)16(21)18-12-15-8-4-5-9-17-15/h1-9,20H,10-13H2,(H,18,21). The second-order valence-electron chi connectivity index (χ2n) is 4.61. The minimum absolute atomic E-state index is 0.0656. The topological polar surface area (TPSA) is 65.5 Å². The number of amides is 2. The Balaban J connectivity index is 1.92. The highest BCUT2D eigenvalue weighted by atomic mass is 16.3.